The van der Waals surface area contributed by atoms with Gasteiger partial charge in [-0.25, -0.2) is 19.3 Å². The molecule has 0 saturated heterocycles. The molecule has 0 spiro atoms. The second-order valence-electron chi connectivity index (χ2n) is 6.80. The Morgan fingerprint density at radius 3 is 1.80 bits per heavy atom. The fourth-order valence-corrected chi connectivity index (χ4v) is 3.36. The summed E-state index contributed by atoms with van der Waals surface area (Å²) in [5.41, 5.74) is 0.117. The first-order valence-electron chi connectivity index (χ1n) is 7.23. The van der Waals surface area contributed by atoms with Crippen LogP contribution in [0.2, 0.25) is 0 Å². The summed E-state index contributed by atoms with van der Waals surface area (Å²) in [5, 5.41) is 8.74. The van der Waals surface area contributed by atoms with Crippen LogP contribution in [-0.4, -0.2) is 29.5 Å². The van der Waals surface area contributed by atoms with E-state index in [0.717, 1.165) is 18.8 Å². The maximum atomic E-state index is 4.37. The van der Waals surface area contributed by atoms with Crippen molar-refractivity contribution in [3.8, 4) is 0 Å². The van der Waals surface area contributed by atoms with E-state index >= 15 is 0 Å². The van der Waals surface area contributed by atoms with Gasteiger partial charge in [-0.2, -0.15) is 10.2 Å². The Morgan fingerprint density at radius 2 is 1.45 bits per heavy atom. The highest BCUT2D eigenvalue weighted by atomic mass is 15.5. The molecule has 0 radical (unpaired) electrons. The van der Waals surface area contributed by atoms with Crippen LogP contribution in [0.15, 0.2) is 25.3 Å². The smallest absolute Gasteiger partial charge is 0.157 e. The first-order chi connectivity index (χ1) is 9.52. The molecule has 1 aliphatic rings. The topological polar surface area (TPSA) is 61.4 Å². The molecule has 0 aromatic carbocycles. The van der Waals surface area contributed by atoms with E-state index in [1.54, 1.807) is 25.3 Å². The molecule has 0 unspecified atom stereocenters. The summed E-state index contributed by atoms with van der Waals surface area (Å²) in [6.07, 6.45) is 11.1. The third-order valence-electron chi connectivity index (χ3n) is 4.70. The van der Waals surface area contributed by atoms with Gasteiger partial charge in [0.2, 0.25) is 0 Å². The number of hydrogen-bond acceptors (Lipinski definition) is 4. The van der Waals surface area contributed by atoms with Crippen LogP contribution in [0.4, 0.5) is 0 Å². The number of hydrogen-bond donors (Lipinski definition) is 0. The largest absolute Gasteiger partial charge is 0.225 e. The Kier molecular flexibility index (Phi) is 3.11. The molecule has 6 nitrogen and oxygen atoms in total. The standard InChI is InChI=1S/C14H22N6/c1-13(2,3)12-4-6-14(7-5-12,19-10-15-8-17-19)20-11-16-9-18-20/h8-12H,4-7H2,1-3H3. The number of rotatable bonds is 2. The molecule has 1 fully saturated rings. The highest BCUT2D eigenvalue weighted by Gasteiger charge is 2.42. The van der Waals surface area contributed by atoms with Crippen molar-refractivity contribution in [2.45, 2.75) is 52.1 Å². The molecular formula is C14H22N6. The highest BCUT2D eigenvalue weighted by Crippen LogP contribution is 2.44. The lowest BCUT2D eigenvalue weighted by atomic mass is 9.69. The van der Waals surface area contributed by atoms with Gasteiger partial charge in [0.05, 0.1) is 0 Å². The SMILES string of the molecule is CC(C)(C)C1CCC(n2cncn2)(n2cncn2)CC1. The molecular weight excluding hydrogens is 252 g/mol. The van der Waals surface area contributed by atoms with Crippen LogP contribution in [0.5, 0.6) is 0 Å². The van der Waals surface area contributed by atoms with Gasteiger partial charge in [-0.15, -0.1) is 0 Å². The molecule has 0 aliphatic heterocycles. The lowest BCUT2D eigenvalue weighted by Crippen LogP contribution is -2.46. The van der Waals surface area contributed by atoms with Gasteiger partial charge in [0.25, 0.3) is 0 Å². The van der Waals surface area contributed by atoms with Gasteiger partial charge in [0, 0.05) is 0 Å². The van der Waals surface area contributed by atoms with E-state index in [1.165, 1.54) is 12.8 Å². The summed E-state index contributed by atoms with van der Waals surface area (Å²) in [7, 11) is 0. The Balaban J connectivity index is 1.91. The van der Waals surface area contributed by atoms with Crippen molar-refractivity contribution < 1.29 is 0 Å². The maximum absolute atomic E-state index is 4.37. The summed E-state index contributed by atoms with van der Waals surface area (Å²) in [4.78, 5) is 8.22. The normalized spacial score (nSPS) is 20.1. The molecule has 20 heavy (non-hydrogen) atoms. The van der Waals surface area contributed by atoms with E-state index < -0.39 is 0 Å². The molecule has 3 rings (SSSR count). The van der Waals surface area contributed by atoms with Crippen molar-refractivity contribution in [3.05, 3.63) is 25.3 Å². The molecule has 0 amide bonds. The van der Waals surface area contributed by atoms with Crippen molar-refractivity contribution in [1.82, 2.24) is 29.5 Å². The Labute approximate surface area is 119 Å². The molecule has 0 atom stereocenters. The van der Waals surface area contributed by atoms with Crippen molar-refractivity contribution in [2.75, 3.05) is 0 Å². The van der Waals surface area contributed by atoms with Gasteiger partial charge < -0.3 is 0 Å². The molecule has 2 aromatic rings. The third-order valence-corrected chi connectivity index (χ3v) is 4.70. The Morgan fingerprint density at radius 1 is 0.950 bits per heavy atom. The van der Waals surface area contributed by atoms with Gasteiger partial charge in [0.1, 0.15) is 25.3 Å². The molecule has 2 aromatic heterocycles. The van der Waals surface area contributed by atoms with Gasteiger partial charge in [-0.3, -0.25) is 0 Å². The third kappa shape index (κ3) is 2.13. The van der Waals surface area contributed by atoms with Crippen molar-refractivity contribution in [1.29, 1.82) is 0 Å². The van der Waals surface area contributed by atoms with Crippen LogP contribution in [0, 0.1) is 11.3 Å². The summed E-state index contributed by atoms with van der Waals surface area (Å²) >= 11 is 0. The molecule has 108 valence electrons. The van der Waals surface area contributed by atoms with Crippen LogP contribution in [0.1, 0.15) is 46.5 Å². The van der Waals surface area contributed by atoms with E-state index in [4.69, 9.17) is 0 Å². The summed E-state index contributed by atoms with van der Waals surface area (Å²) < 4.78 is 3.89. The van der Waals surface area contributed by atoms with Gasteiger partial charge in [-0.1, -0.05) is 20.8 Å². The molecule has 1 saturated carbocycles. The Hall–Kier alpha value is -1.72. The van der Waals surface area contributed by atoms with Gasteiger partial charge in [-0.05, 0) is 37.0 Å². The molecule has 0 N–H and O–H groups in total. The first-order valence-corrected chi connectivity index (χ1v) is 7.23. The fraction of sp³-hybridized carbons (Fsp3) is 0.714. The lowest BCUT2D eigenvalue weighted by Gasteiger charge is -2.43. The van der Waals surface area contributed by atoms with Crippen LogP contribution in [0.3, 0.4) is 0 Å². The summed E-state index contributed by atoms with van der Waals surface area (Å²) in [6, 6.07) is 0. The zero-order valence-corrected chi connectivity index (χ0v) is 12.4. The van der Waals surface area contributed by atoms with Crippen LogP contribution < -0.4 is 0 Å². The summed E-state index contributed by atoms with van der Waals surface area (Å²) in [5.74, 6) is 0.739. The second kappa shape index (κ2) is 4.68. The molecule has 2 heterocycles. The first kappa shape index (κ1) is 13.3. The van der Waals surface area contributed by atoms with Gasteiger partial charge in [0.15, 0.2) is 5.66 Å². The number of nitrogens with zero attached hydrogens (tertiary/aromatic N) is 6. The van der Waals surface area contributed by atoms with Crippen molar-refractivity contribution >= 4 is 0 Å². The fourth-order valence-electron chi connectivity index (χ4n) is 3.36. The van der Waals surface area contributed by atoms with E-state index in [2.05, 4.69) is 40.9 Å². The summed E-state index contributed by atoms with van der Waals surface area (Å²) in [6.45, 7) is 6.99. The predicted molar refractivity (Wildman–Crippen MR) is 74.8 cm³/mol. The lowest BCUT2D eigenvalue weighted by molar-refractivity contribution is 0.0528. The van der Waals surface area contributed by atoms with Crippen LogP contribution >= 0.6 is 0 Å². The zero-order chi connectivity index (χ0) is 14.2. The van der Waals surface area contributed by atoms with Crippen LogP contribution in [0.25, 0.3) is 0 Å². The van der Waals surface area contributed by atoms with E-state index in [9.17, 15) is 0 Å². The average Bonchev–Trinajstić information content (AvgIpc) is 3.11. The monoisotopic (exact) mass is 274 g/mol. The minimum atomic E-state index is -0.241. The molecule has 6 heteroatoms. The highest BCUT2D eigenvalue weighted by molar-refractivity contribution is 4.93. The molecule has 0 bridgehead atoms. The van der Waals surface area contributed by atoms with Gasteiger partial charge >= 0.3 is 0 Å². The number of aromatic nitrogens is 6. The van der Waals surface area contributed by atoms with E-state index in [1.807, 2.05) is 9.36 Å². The predicted octanol–water partition coefficient (Wildman–Crippen LogP) is 2.31. The quantitative estimate of drug-likeness (QED) is 0.843. The zero-order valence-electron chi connectivity index (χ0n) is 12.4. The Bertz CT molecular complexity index is 492. The maximum Gasteiger partial charge on any atom is 0.157 e. The van der Waals surface area contributed by atoms with E-state index in [0.29, 0.717) is 5.41 Å². The van der Waals surface area contributed by atoms with Crippen molar-refractivity contribution in [2.24, 2.45) is 11.3 Å². The minimum Gasteiger partial charge on any atom is -0.225 e. The van der Waals surface area contributed by atoms with Crippen molar-refractivity contribution in [3.63, 3.8) is 0 Å². The molecule has 1 aliphatic carbocycles. The minimum absolute atomic E-state index is 0.241. The average molecular weight is 274 g/mol. The second-order valence-corrected chi connectivity index (χ2v) is 6.80. The van der Waals surface area contributed by atoms with Crippen LogP contribution in [-0.2, 0) is 5.66 Å². The van der Waals surface area contributed by atoms with E-state index in [-0.39, 0.29) is 5.66 Å².